The molecule has 6 heteroatoms. The minimum atomic E-state index is 0.262. The zero-order valence-electron chi connectivity index (χ0n) is 16.7. The molecule has 1 unspecified atom stereocenters. The van der Waals surface area contributed by atoms with E-state index in [-0.39, 0.29) is 12.0 Å². The van der Waals surface area contributed by atoms with Gasteiger partial charge in [-0.3, -0.25) is 14.8 Å². The van der Waals surface area contributed by atoms with Crippen molar-refractivity contribution in [3.8, 4) is 0 Å². The van der Waals surface area contributed by atoms with Crippen molar-refractivity contribution in [2.24, 2.45) is 10.9 Å². The Morgan fingerprint density at radius 2 is 2.07 bits per heavy atom. The number of rotatable bonds is 5. The fraction of sp³-hybridized carbons (Fsp3) is 0.667. The van der Waals surface area contributed by atoms with Crippen LogP contribution in [0.4, 0.5) is 0 Å². The number of nitrogens with zero attached hydrogens (tertiary/aromatic N) is 3. The van der Waals surface area contributed by atoms with E-state index < -0.39 is 0 Å². The van der Waals surface area contributed by atoms with Crippen LogP contribution < -0.4 is 10.6 Å². The molecule has 2 heterocycles. The molecule has 27 heavy (non-hydrogen) atoms. The zero-order chi connectivity index (χ0) is 19.1. The molecule has 2 fully saturated rings. The summed E-state index contributed by atoms with van der Waals surface area (Å²) in [6.07, 6.45) is 9.67. The number of likely N-dealkylation sites (tertiary alicyclic amines) is 1. The average Bonchev–Trinajstić information content (AvgIpc) is 3.17. The van der Waals surface area contributed by atoms with Gasteiger partial charge in [0.15, 0.2) is 5.96 Å². The Morgan fingerprint density at radius 3 is 2.78 bits per heavy atom. The highest BCUT2D eigenvalue weighted by atomic mass is 16.2. The van der Waals surface area contributed by atoms with Gasteiger partial charge in [0.25, 0.3) is 0 Å². The van der Waals surface area contributed by atoms with Crippen LogP contribution in [0.1, 0.15) is 49.8 Å². The molecule has 2 aliphatic rings. The first-order valence-corrected chi connectivity index (χ1v) is 10.3. The molecule has 0 spiro atoms. The third kappa shape index (κ3) is 5.68. The molecule has 0 aromatic carbocycles. The van der Waals surface area contributed by atoms with E-state index in [0.717, 1.165) is 57.0 Å². The molecule has 6 nitrogen and oxygen atoms in total. The number of amides is 1. The maximum atomic E-state index is 12.7. The Bertz CT molecular complexity index is 636. The van der Waals surface area contributed by atoms with Gasteiger partial charge in [-0.2, -0.15) is 0 Å². The number of guanidine groups is 1. The lowest BCUT2D eigenvalue weighted by Gasteiger charge is -2.26. The molecule has 0 bridgehead atoms. The standard InChI is InChI=1S/C21H33N5O/c1-16-8-9-17(14-24-16)10-12-23-21(22-2)25-19-11-13-26(15-19)20(27)18-6-4-3-5-7-18/h8-9,14,18-19H,3-7,10-13,15H2,1-2H3,(H2,22,23,25). The number of aryl methyl sites for hydroxylation is 1. The molecular formula is C21H33N5O. The minimum Gasteiger partial charge on any atom is -0.356 e. The van der Waals surface area contributed by atoms with Gasteiger partial charge in [0.1, 0.15) is 0 Å². The second-order valence-electron chi connectivity index (χ2n) is 7.81. The van der Waals surface area contributed by atoms with Gasteiger partial charge in [0.05, 0.1) is 0 Å². The van der Waals surface area contributed by atoms with Crippen molar-refractivity contribution in [3.05, 3.63) is 29.6 Å². The normalized spacial score (nSPS) is 21.3. The van der Waals surface area contributed by atoms with Crippen molar-refractivity contribution in [2.45, 2.75) is 57.9 Å². The molecule has 1 aliphatic heterocycles. The maximum Gasteiger partial charge on any atom is 0.225 e. The van der Waals surface area contributed by atoms with Gasteiger partial charge >= 0.3 is 0 Å². The van der Waals surface area contributed by atoms with Crippen molar-refractivity contribution in [1.82, 2.24) is 20.5 Å². The monoisotopic (exact) mass is 371 g/mol. The number of aliphatic imine (C=N–C) groups is 1. The highest BCUT2D eigenvalue weighted by molar-refractivity contribution is 5.81. The molecule has 3 rings (SSSR count). The Kier molecular flexibility index (Phi) is 7.07. The smallest absolute Gasteiger partial charge is 0.225 e. The summed E-state index contributed by atoms with van der Waals surface area (Å²) in [5, 5.41) is 6.85. The molecule has 1 amide bonds. The number of nitrogens with one attached hydrogen (secondary N) is 2. The molecular weight excluding hydrogens is 338 g/mol. The van der Waals surface area contributed by atoms with E-state index in [2.05, 4.69) is 31.6 Å². The van der Waals surface area contributed by atoms with Crippen LogP contribution in [0.5, 0.6) is 0 Å². The van der Waals surface area contributed by atoms with Gasteiger partial charge in [0.2, 0.25) is 5.91 Å². The van der Waals surface area contributed by atoms with Gasteiger partial charge in [-0.1, -0.05) is 25.3 Å². The third-order valence-electron chi connectivity index (χ3n) is 5.70. The third-order valence-corrected chi connectivity index (χ3v) is 5.70. The summed E-state index contributed by atoms with van der Waals surface area (Å²) >= 11 is 0. The Labute approximate surface area is 162 Å². The number of hydrogen-bond acceptors (Lipinski definition) is 3. The van der Waals surface area contributed by atoms with Crippen LogP contribution in [0.2, 0.25) is 0 Å². The van der Waals surface area contributed by atoms with Crippen LogP contribution in [0.25, 0.3) is 0 Å². The van der Waals surface area contributed by atoms with Crippen molar-refractivity contribution < 1.29 is 4.79 Å². The Balaban J connectivity index is 1.40. The molecule has 1 saturated heterocycles. The van der Waals surface area contributed by atoms with Gasteiger partial charge in [-0.15, -0.1) is 0 Å². The van der Waals surface area contributed by atoms with Crippen LogP contribution in [-0.4, -0.2) is 54.5 Å². The lowest BCUT2D eigenvalue weighted by molar-refractivity contribution is -0.135. The first kappa shape index (κ1) is 19.6. The van der Waals surface area contributed by atoms with Gasteiger partial charge in [-0.25, -0.2) is 0 Å². The molecule has 1 aromatic rings. The predicted octanol–water partition coefficient (Wildman–Crippen LogP) is 2.28. The van der Waals surface area contributed by atoms with E-state index in [1.165, 1.54) is 24.8 Å². The van der Waals surface area contributed by atoms with E-state index >= 15 is 0 Å². The summed E-state index contributed by atoms with van der Waals surface area (Å²) in [6.45, 7) is 4.45. The van der Waals surface area contributed by atoms with E-state index in [1.54, 1.807) is 7.05 Å². The molecule has 1 aromatic heterocycles. The SMILES string of the molecule is CN=C(NCCc1ccc(C)nc1)NC1CCN(C(=O)C2CCCCC2)C1. The van der Waals surface area contributed by atoms with E-state index in [4.69, 9.17) is 0 Å². The lowest BCUT2D eigenvalue weighted by atomic mass is 9.88. The van der Waals surface area contributed by atoms with Crippen LogP contribution in [-0.2, 0) is 11.2 Å². The van der Waals surface area contributed by atoms with Crippen molar-refractivity contribution in [2.75, 3.05) is 26.7 Å². The minimum absolute atomic E-state index is 0.262. The predicted molar refractivity (Wildman–Crippen MR) is 109 cm³/mol. The largest absolute Gasteiger partial charge is 0.356 e. The maximum absolute atomic E-state index is 12.7. The summed E-state index contributed by atoms with van der Waals surface area (Å²) in [7, 11) is 1.79. The molecule has 1 aliphatic carbocycles. The molecule has 0 radical (unpaired) electrons. The van der Waals surface area contributed by atoms with E-state index in [1.807, 2.05) is 19.2 Å². The fourth-order valence-electron chi connectivity index (χ4n) is 4.05. The Morgan fingerprint density at radius 1 is 1.26 bits per heavy atom. The molecule has 1 saturated carbocycles. The number of carbonyl (C=O) groups is 1. The van der Waals surface area contributed by atoms with Crippen LogP contribution >= 0.6 is 0 Å². The highest BCUT2D eigenvalue weighted by Crippen LogP contribution is 2.26. The van der Waals surface area contributed by atoms with Crippen molar-refractivity contribution in [1.29, 1.82) is 0 Å². The summed E-state index contributed by atoms with van der Waals surface area (Å²) < 4.78 is 0. The topological polar surface area (TPSA) is 69.6 Å². The van der Waals surface area contributed by atoms with Crippen molar-refractivity contribution in [3.63, 3.8) is 0 Å². The number of aromatic nitrogens is 1. The first-order valence-electron chi connectivity index (χ1n) is 10.3. The van der Waals surface area contributed by atoms with E-state index in [9.17, 15) is 4.79 Å². The van der Waals surface area contributed by atoms with Crippen molar-refractivity contribution >= 4 is 11.9 Å². The van der Waals surface area contributed by atoms with Gasteiger partial charge in [0, 0.05) is 50.5 Å². The molecule has 1 atom stereocenters. The molecule has 2 N–H and O–H groups in total. The average molecular weight is 372 g/mol. The Hall–Kier alpha value is -2.11. The number of hydrogen-bond donors (Lipinski definition) is 2. The summed E-state index contributed by atoms with van der Waals surface area (Å²) in [4.78, 5) is 23.4. The van der Waals surface area contributed by atoms with Crippen LogP contribution in [0, 0.1) is 12.8 Å². The summed E-state index contributed by atoms with van der Waals surface area (Å²) in [5.41, 5.74) is 2.26. The second-order valence-corrected chi connectivity index (χ2v) is 7.81. The first-order chi connectivity index (χ1) is 13.2. The number of carbonyl (C=O) groups excluding carboxylic acids is 1. The van der Waals surface area contributed by atoms with Crippen LogP contribution in [0.3, 0.4) is 0 Å². The second kappa shape index (κ2) is 9.72. The van der Waals surface area contributed by atoms with E-state index in [0.29, 0.717) is 5.91 Å². The summed E-state index contributed by atoms with van der Waals surface area (Å²) in [6, 6.07) is 4.44. The van der Waals surface area contributed by atoms with Gasteiger partial charge < -0.3 is 15.5 Å². The quantitative estimate of drug-likeness (QED) is 0.615. The lowest BCUT2D eigenvalue weighted by Crippen LogP contribution is -2.46. The zero-order valence-corrected chi connectivity index (χ0v) is 16.7. The summed E-state index contributed by atoms with van der Waals surface area (Å²) in [5.74, 6) is 1.44. The number of pyridine rings is 1. The fourth-order valence-corrected chi connectivity index (χ4v) is 4.05. The highest BCUT2D eigenvalue weighted by Gasteiger charge is 2.31. The molecule has 148 valence electrons. The van der Waals surface area contributed by atoms with Crippen LogP contribution in [0.15, 0.2) is 23.3 Å². The van der Waals surface area contributed by atoms with Gasteiger partial charge in [-0.05, 0) is 44.2 Å².